The minimum atomic E-state index is 0.0654. The number of hydrogen-bond donors (Lipinski definition) is 1. The van der Waals surface area contributed by atoms with Crippen molar-refractivity contribution < 1.29 is 4.79 Å². The van der Waals surface area contributed by atoms with Crippen molar-refractivity contribution >= 4 is 17.7 Å². The number of aromatic nitrogens is 3. The van der Waals surface area contributed by atoms with Crippen molar-refractivity contribution in [2.24, 2.45) is 0 Å². The summed E-state index contributed by atoms with van der Waals surface area (Å²) in [6.45, 7) is 0. The molecule has 1 fully saturated rings. The molecule has 1 aliphatic carbocycles. The second-order valence-electron chi connectivity index (χ2n) is 4.63. The molecule has 0 aliphatic heterocycles. The highest BCUT2D eigenvalue weighted by Crippen LogP contribution is 2.21. The fourth-order valence-electron chi connectivity index (χ4n) is 1.70. The second-order valence-corrected chi connectivity index (χ2v) is 5.62. The number of thioether (sulfide) groups is 1. The molecule has 0 aromatic carbocycles. The Kier molecular flexibility index (Phi) is 3.92. The van der Waals surface area contributed by atoms with Gasteiger partial charge in [0.2, 0.25) is 5.91 Å². The van der Waals surface area contributed by atoms with Gasteiger partial charge < -0.3 is 5.32 Å². The molecule has 102 valence electrons. The maximum atomic E-state index is 11.6. The van der Waals surface area contributed by atoms with Crippen molar-refractivity contribution in [3.63, 3.8) is 0 Å². The molecule has 3 rings (SSSR count). The Bertz CT molecular complexity index is 584. The van der Waals surface area contributed by atoms with Gasteiger partial charge in [-0.2, -0.15) is 0 Å². The smallest absolute Gasteiger partial charge is 0.230 e. The SMILES string of the molecule is O=C(CSc1ccc(-c2cccnc2)nn1)NC1CC1. The third-order valence-electron chi connectivity index (χ3n) is 2.89. The summed E-state index contributed by atoms with van der Waals surface area (Å²) >= 11 is 1.40. The van der Waals surface area contributed by atoms with E-state index in [0.717, 1.165) is 29.1 Å². The van der Waals surface area contributed by atoms with Gasteiger partial charge in [-0.1, -0.05) is 11.8 Å². The Balaban J connectivity index is 1.57. The van der Waals surface area contributed by atoms with Crippen LogP contribution in [0, 0.1) is 0 Å². The molecule has 0 radical (unpaired) electrons. The maximum Gasteiger partial charge on any atom is 0.230 e. The Morgan fingerprint density at radius 1 is 1.30 bits per heavy atom. The number of rotatable bonds is 5. The van der Waals surface area contributed by atoms with Gasteiger partial charge >= 0.3 is 0 Å². The van der Waals surface area contributed by atoms with Crippen molar-refractivity contribution in [1.29, 1.82) is 0 Å². The summed E-state index contributed by atoms with van der Waals surface area (Å²) in [6, 6.07) is 7.98. The first-order valence-electron chi connectivity index (χ1n) is 6.47. The van der Waals surface area contributed by atoms with E-state index in [-0.39, 0.29) is 5.91 Å². The first-order valence-corrected chi connectivity index (χ1v) is 7.46. The molecule has 2 aromatic rings. The molecule has 0 unspecified atom stereocenters. The van der Waals surface area contributed by atoms with E-state index in [0.29, 0.717) is 11.8 Å². The van der Waals surface area contributed by atoms with Gasteiger partial charge in [0.1, 0.15) is 5.03 Å². The van der Waals surface area contributed by atoms with Crippen LogP contribution >= 0.6 is 11.8 Å². The molecule has 20 heavy (non-hydrogen) atoms. The van der Waals surface area contributed by atoms with E-state index in [2.05, 4.69) is 20.5 Å². The lowest BCUT2D eigenvalue weighted by Crippen LogP contribution is -2.27. The van der Waals surface area contributed by atoms with Crippen molar-refractivity contribution in [2.75, 3.05) is 5.75 Å². The topological polar surface area (TPSA) is 67.8 Å². The van der Waals surface area contributed by atoms with Gasteiger partial charge in [-0.05, 0) is 37.1 Å². The average Bonchev–Trinajstić information content (AvgIpc) is 3.31. The third kappa shape index (κ3) is 3.54. The first-order chi connectivity index (χ1) is 9.81. The molecule has 6 heteroatoms. The fraction of sp³-hybridized carbons (Fsp3) is 0.286. The van der Waals surface area contributed by atoms with E-state index >= 15 is 0 Å². The molecule has 0 atom stereocenters. The van der Waals surface area contributed by atoms with Gasteiger partial charge in [-0.15, -0.1) is 10.2 Å². The Hall–Kier alpha value is -1.95. The molecular formula is C14H14N4OS. The molecule has 0 bridgehead atoms. The lowest BCUT2D eigenvalue weighted by molar-refractivity contribution is -0.118. The van der Waals surface area contributed by atoms with E-state index < -0.39 is 0 Å². The van der Waals surface area contributed by atoms with E-state index in [9.17, 15) is 4.79 Å². The number of carbonyl (C=O) groups is 1. The van der Waals surface area contributed by atoms with E-state index in [4.69, 9.17) is 0 Å². The van der Waals surface area contributed by atoms with Crippen molar-refractivity contribution in [3.05, 3.63) is 36.7 Å². The molecular weight excluding hydrogens is 272 g/mol. The van der Waals surface area contributed by atoms with Gasteiger partial charge in [0.25, 0.3) is 0 Å². The number of nitrogens with zero attached hydrogens (tertiary/aromatic N) is 3. The summed E-state index contributed by atoms with van der Waals surface area (Å²) in [5, 5.41) is 12.0. The first kappa shape index (κ1) is 13.1. The van der Waals surface area contributed by atoms with Gasteiger partial charge in [0, 0.05) is 24.0 Å². The molecule has 1 saturated carbocycles. The van der Waals surface area contributed by atoms with Crippen LogP contribution in [0.25, 0.3) is 11.3 Å². The molecule has 1 aliphatic rings. The second kappa shape index (κ2) is 6.00. The van der Waals surface area contributed by atoms with Crippen LogP contribution in [0.3, 0.4) is 0 Å². The van der Waals surface area contributed by atoms with Crippen LogP contribution in [0.2, 0.25) is 0 Å². The van der Waals surface area contributed by atoms with Gasteiger partial charge in [-0.25, -0.2) is 0 Å². The minimum Gasteiger partial charge on any atom is -0.353 e. The summed E-state index contributed by atoms with van der Waals surface area (Å²) in [5.41, 5.74) is 1.72. The van der Waals surface area contributed by atoms with Crippen molar-refractivity contribution in [2.45, 2.75) is 23.9 Å². The van der Waals surface area contributed by atoms with Crippen LogP contribution < -0.4 is 5.32 Å². The highest BCUT2D eigenvalue weighted by molar-refractivity contribution is 7.99. The third-order valence-corrected chi connectivity index (χ3v) is 3.81. The average molecular weight is 286 g/mol. The van der Waals surface area contributed by atoms with Gasteiger partial charge in [0.05, 0.1) is 11.4 Å². The zero-order valence-corrected chi connectivity index (χ0v) is 11.6. The molecule has 0 spiro atoms. The zero-order chi connectivity index (χ0) is 13.8. The molecule has 1 N–H and O–H groups in total. The van der Waals surface area contributed by atoms with Gasteiger partial charge in [0.15, 0.2) is 0 Å². The quantitative estimate of drug-likeness (QED) is 0.850. The van der Waals surface area contributed by atoms with Crippen molar-refractivity contribution in [3.8, 4) is 11.3 Å². The van der Waals surface area contributed by atoms with E-state index in [1.165, 1.54) is 11.8 Å². The summed E-state index contributed by atoms with van der Waals surface area (Å²) in [7, 11) is 0. The lowest BCUT2D eigenvalue weighted by atomic mass is 10.2. The molecule has 2 aromatic heterocycles. The fourth-order valence-corrected chi connectivity index (χ4v) is 2.33. The Labute approximate surface area is 121 Å². The number of nitrogens with one attached hydrogen (secondary N) is 1. The molecule has 1 amide bonds. The highest BCUT2D eigenvalue weighted by Gasteiger charge is 2.23. The largest absolute Gasteiger partial charge is 0.353 e. The standard InChI is InChI=1S/C14H14N4OS/c19-13(16-11-3-4-11)9-20-14-6-5-12(17-18-14)10-2-1-7-15-8-10/h1-2,5-8,11H,3-4,9H2,(H,16,19). The summed E-state index contributed by atoms with van der Waals surface area (Å²) in [4.78, 5) is 15.6. The van der Waals surface area contributed by atoms with Crippen LogP contribution in [0.4, 0.5) is 0 Å². The van der Waals surface area contributed by atoms with E-state index in [1.54, 1.807) is 12.4 Å². The number of hydrogen-bond acceptors (Lipinski definition) is 5. The Morgan fingerprint density at radius 3 is 2.85 bits per heavy atom. The zero-order valence-electron chi connectivity index (χ0n) is 10.8. The van der Waals surface area contributed by atoms with E-state index in [1.807, 2.05) is 24.3 Å². The molecule has 0 saturated heterocycles. The number of carbonyl (C=O) groups excluding carboxylic acids is 1. The summed E-state index contributed by atoms with van der Waals surface area (Å²) < 4.78 is 0. The van der Waals surface area contributed by atoms with Crippen LogP contribution in [0.15, 0.2) is 41.7 Å². The predicted octanol–water partition coefficient (Wildman–Crippen LogP) is 1.91. The van der Waals surface area contributed by atoms with Crippen molar-refractivity contribution in [1.82, 2.24) is 20.5 Å². The minimum absolute atomic E-state index is 0.0654. The lowest BCUT2D eigenvalue weighted by Gasteiger charge is -2.03. The monoisotopic (exact) mass is 286 g/mol. The summed E-state index contributed by atoms with van der Waals surface area (Å²) in [6.07, 6.45) is 5.69. The maximum absolute atomic E-state index is 11.6. The van der Waals surface area contributed by atoms with Crippen LogP contribution in [0.1, 0.15) is 12.8 Å². The number of amides is 1. The molecule has 2 heterocycles. The van der Waals surface area contributed by atoms with Crippen LogP contribution in [-0.4, -0.2) is 32.9 Å². The normalized spacial score (nSPS) is 14.0. The highest BCUT2D eigenvalue weighted by atomic mass is 32.2. The van der Waals surface area contributed by atoms with Gasteiger partial charge in [-0.3, -0.25) is 9.78 Å². The summed E-state index contributed by atoms with van der Waals surface area (Å²) in [5.74, 6) is 0.452. The molecule has 5 nitrogen and oxygen atoms in total. The van der Waals surface area contributed by atoms with Crippen LogP contribution in [0.5, 0.6) is 0 Å². The predicted molar refractivity (Wildman–Crippen MR) is 77.2 cm³/mol. The number of pyridine rings is 1. The van der Waals surface area contributed by atoms with Crippen LogP contribution in [-0.2, 0) is 4.79 Å². The Morgan fingerprint density at radius 2 is 2.20 bits per heavy atom.